The summed E-state index contributed by atoms with van der Waals surface area (Å²) in [4.78, 5) is 87.4. The van der Waals surface area contributed by atoms with Gasteiger partial charge in [0.05, 0.1) is 21.7 Å². The van der Waals surface area contributed by atoms with Gasteiger partial charge >= 0.3 is 0 Å². The predicted octanol–water partition coefficient (Wildman–Crippen LogP) is 4.50. The van der Waals surface area contributed by atoms with Gasteiger partial charge in [-0.15, -0.1) is 0 Å². The monoisotopic (exact) mass is 831 g/mol. The number of fused-ring (bicyclic) bond motifs is 3. The molecule has 5 saturated heterocycles. The third-order valence-electron chi connectivity index (χ3n) is 13.2. The summed E-state index contributed by atoms with van der Waals surface area (Å²) in [6.07, 6.45) is 5.39. The van der Waals surface area contributed by atoms with E-state index in [2.05, 4.69) is 21.2 Å². The van der Waals surface area contributed by atoms with E-state index in [1.165, 1.54) is 0 Å². The van der Waals surface area contributed by atoms with E-state index in [9.17, 15) is 34.0 Å². The van der Waals surface area contributed by atoms with Gasteiger partial charge in [-0.3, -0.25) is 43.9 Å². The summed E-state index contributed by atoms with van der Waals surface area (Å²) in [5, 5.41) is 11.8. The second-order valence-electron chi connectivity index (χ2n) is 16.8. The summed E-state index contributed by atoms with van der Waals surface area (Å²) < 4.78 is 6.24. The maximum atomic E-state index is 13.7. The summed E-state index contributed by atoms with van der Waals surface area (Å²) in [7, 11) is 0. The van der Waals surface area contributed by atoms with E-state index in [-0.39, 0.29) is 48.4 Å². The molecule has 3 aromatic rings. The number of piperazine rings is 1. The number of benzene rings is 3. The molecule has 14 nitrogen and oxygen atoms in total. The topological polar surface area (TPSA) is 164 Å². The molecular weight excluding hydrogens is 786 g/mol. The second-order valence-corrected chi connectivity index (χ2v) is 17.2. The number of nitrogens with zero attached hydrogens (tertiary/aromatic N) is 6. The number of imide groups is 2. The molecule has 6 aliphatic rings. The zero-order valence-electron chi connectivity index (χ0n) is 33.2. The number of halogens is 1. The maximum Gasteiger partial charge on any atom is 0.262 e. The van der Waals surface area contributed by atoms with Crippen molar-refractivity contribution in [3.8, 4) is 11.8 Å². The SMILES string of the molecule is N#Cc1ccc(OC2CC3CCC(C2)N3C(=O)c2ccc(C(=O)N3CCN(CC4CCN(c5ccc6c(c5)C(=O)N(C5CCC(=O)NC5=O)C6=O)CC4)CC3)cc2)cc1Cl. The highest BCUT2D eigenvalue weighted by Gasteiger charge is 2.46. The number of nitrogens with one attached hydrogen (secondary N) is 1. The first-order valence-corrected chi connectivity index (χ1v) is 21.3. The van der Waals surface area contributed by atoms with Gasteiger partial charge < -0.3 is 19.4 Å². The van der Waals surface area contributed by atoms with Gasteiger partial charge in [-0.1, -0.05) is 11.6 Å². The van der Waals surface area contributed by atoms with Crippen molar-refractivity contribution in [2.24, 2.45) is 5.92 Å². The Labute approximate surface area is 352 Å². The van der Waals surface area contributed by atoms with Gasteiger partial charge in [0.2, 0.25) is 11.8 Å². The molecule has 310 valence electrons. The molecule has 15 heteroatoms. The zero-order valence-corrected chi connectivity index (χ0v) is 33.9. The van der Waals surface area contributed by atoms with E-state index in [0.29, 0.717) is 52.0 Å². The number of amides is 6. The maximum absolute atomic E-state index is 13.7. The third kappa shape index (κ3) is 7.60. The Balaban J connectivity index is 0.725. The Bertz CT molecular complexity index is 2280. The van der Waals surface area contributed by atoms with Crippen molar-refractivity contribution in [1.82, 2.24) is 24.9 Å². The number of nitriles is 1. The first-order chi connectivity index (χ1) is 29.0. The molecule has 6 heterocycles. The smallest absolute Gasteiger partial charge is 0.262 e. The molecule has 0 radical (unpaired) electrons. The number of carbonyl (C=O) groups excluding carboxylic acids is 6. The van der Waals surface area contributed by atoms with Gasteiger partial charge in [0.1, 0.15) is 24.0 Å². The minimum Gasteiger partial charge on any atom is -0.490 e. The number of ether oxygens (including phenoxy) is 1. The fourth-order valence-electron chi connectivity index (χ4n) is 10.0. The molecule has 5 fully saturated rings. The number of carbonyl (C=O) groups is 6. The Kier molecular flexibility index (Phi) is 10.8. The molecule has 6 amide bonds. The van der Waals surface area contributed by atoms with Crippen LogP contribution in [0.5, 0.6) is 5.75 Å². The second kappa shape index (κ2) is 16.3. The fraction of sp³-hybridized carbons (Fsp3) is 0.444. The van der Waals surface area contributed by atoms with Crippen molar-refractivity contribution in [2.45, 2.75) is 75.6 Å². The first-order valence-electron chi connectivity index (χ1n) is 21.0. The average molecular weight is 832 g/mol. The first kappa shape index (κ1) is 39.7. The lowest BCUT2D eigenvalue weighted by Crippen LogP contribution is -2.54. The van der Waals surface area contributed by atoms with Crippen LogP contribution in [0.3, 0.4) is 0 Å². The largest absolute Gasteiger partial charge is 0.490 e. The lowest BCUT2D eigenvalue weighted by Gasteiger charge is -2.39. The van der Waals surface area contributed by atoms with E-state index in [0.717, 1.165) is 81.8 Å². The number of rotatable bonds is 8. The van der Waals surface area contributed by atoms with Crippen LogP contribution in [0, 0.1) is 17.2 Å². The van der Waals surface area contributed by atoms with E-state index < -0.39 is 29.7 Å². The number of piperidine rings is 3. The molecule has 60 heavy (non-hydrogen) atoms. The van der Waals surface area contributed by atoms with E-state index in [1.54, 1.807) is 54.6 Å². The molecular formula is C45H46ClN7O7. The molecule has 6 aliphatic heterocycles. The number of hydrogen-bond donors (Lipinski definition) is 1. The lowest BCUT2D eigenvalue weighted by molar-refractivity contribution is -0.136. The van der Waals surface area contributed by atoms with Crippen molar-refractivity contribution >= 4 is 52.7 Å². The lowest BCUT2D eigenvalue weighted by atomic mass is 9.95. The van der Waals surface area contributed by atoms with Crippen LogP contribution in [0.2, 0.25) is 5.02 Å². The van der Waals surface area contributed by atoms with Crippen molar-refractivity contribution in [2.75, 3.05) is 50.7 Å². The molecule has 9 rings (SSSR count). The predicted molar refractivity (Wildman–Crippen MR) is 220 cm³/mol. The Morgan fingerprint density at radius 1 is 0.767 bits per heavy atom. The van der Waals surface area contributed by atoms with Crippen molar-refractivity contribution in [3.05, 3.63) is 93.5 Å². The highest BCUT2D eigenvalue weighted by molar-refractivity contribution is 6.31. The van der Waals surface area contributed by atoms with Gasteiger partial charge in [0.25, 0.3) is 23.6 Å². The highest BCUT2D eigenvalue weighted by Crippen LogP contribution is 2.39. The van der Waals surface area contributed by atoms with Crippen molar-refractivity contribution in [1.29, 1.82) is 5.26 Å². The molecule has 0 aliphatic carbocycles. The van der Waals surface area contributed by atoms with Crippen LogP contribution in [-0.2, 0) is 9.59 Å². The Hall–Kier alpha value is -5.78. The van der Waals surface area contributed by atoms with Gasteiger partial charge in [-0.05, 0) is 92.6 Å². The molecule has 1 N–H and O–H groups in total. The van der Waals surface area contributed by atoms with Gasteiger partial charge in [-0.2, -0.15) is 5.26 Å². The highest BCUT2D eigenvalue weighted by atomic mass is 35.5. The Morgan fingerprint density at radius 2 is 1.43 bits per heavy atom. The minimum atomic E-state index is -0.986. The summed E-state index contributed by atoms with van der Waals surface area (Å²) in [6.45, 7) is 5.39. The van der Waals surface area contributed by atoms with Crippen LogP contribution < -0.4 is 15.0 Å². The van der Waals surface area contributed by atoms with Gasteiger partial charge in [0.15, 0.2) is 0 Å². The zero-order chi connectivity index (χ0) is 41.7. The molecule has 3 aromatic carbocycles. The molecule has 3 unspecified atom stereocenters. The van der Waals surface area contributed by atoms with Gasteiger partial charge in [0, 0.05) is 100 Å². The standard InChI is InChI=1S/C45H46ClN7O7/c46-38-24-34(9-5-30(38)25-47)60-35-21-32-6-7-33(22-35)52(32)43(57)29-3-1-28(2-4-29)42(56)51-19-17-49(18-20-51)26-27-13-15-50(16-14-27)31-8-10-36-37(23-31)45(59)53(44(36)58)39-11-12-40(54)48-41(39)55/h1-5,8-10,23-24,27,32-33,35,39H,6-7,11-22,26H2,(H,48,54,55). The molecule has 2 bridgehead atoms. The average Bonchev–Trinajstić information content (AvgIpc) is 3.67. The number of anilines is 1. The number of hydrogen-bond acceptors (Lipinski definition) is 10. The molecule has 0 spiro atoms. The Morgan fingerprint density at radius 3 is 2.08 bits per heavy atom. The van der Waals surface area contributed by atoms with E-state index >= 15 is 0 Å². The van der Waals surface area contributed by atoms with Crippen molar-refractivity contribution < 1.29 is 33.5 Å². The summed E-state index contributed by atoms with van der Waals surface area (Å²) in [5.74, 6) is -0.950. The molecule has 0 saturated carbocycles. The van der Waals surface area contributed by atoms with Crippen LogP contribution in [0.15, 0.2) is 60.7 Å². The normalized spacial score (nSPS) is 24.7. The van der Waals surface area contributed by atoms with E-state index in [1.807, 2.05) is 15.9 Å². The quantitative estimate of drug-likeness (QED) is 0.320. The van der Waals surface area contributed by atoms with Crippen LogP contribution in [-0.4, -0.2) is 125 Å². The van der Waals surface area contributed by atoms with Crippen LogP contribution >= 0.6 is 11.6 Å². The van der Waals surface area contributed by atoms with Crippen LogP contribution in [0.1, 0.15) is 98.4 Å². The van der Waals surface area contributed by atoms with Gasteiger partial charge in [-0.25, -0.2) is 0 Å². The van der Waals surface area contributed by atoms with Crippen LogP contribution in [0.25, 0.3) is 0 Å². The molecule has 0 aromatic heterocycles. The molecule has 3 atom stereocenters. The third-order valence-corrected chi connectivity index (χ3v) is 13.6. The fourth-order valence-corrected chi connectivity index (χ4v) is 10.2. The van der Waals surface area contributed by atoms with E-state index in [4.69, 9.17) is 16.3 Å². The van der Waals surface area contributed by atoms with Crippen molar-refractivity contribution in [3.63, 3.8) is 0 Å². The summed E-state index contributed by atoms with van der Waals surface area (Å²) in [5.41, 5.74) is 3.00. The summed E-state index contributed by atoms with van der Waals surface area (Å²) in [6, 6.07) is 18.7. The minimum absolute atomic E-state index is 0.0157. The summed E-state index contributed by atoms with van der Waals surface area (Å²) >= 11 is 6.21. The van der Waals surface area contributed by atoms with Crippen LogP contribution in [0.4, 0.5) is 5.69 Å².